The van der Waals surface area contributed by atoms with Crippen molar-refractivity contribution in [3.8, 4) is 0 Å². The Balaban J connectivity index is 2.42. The number of hydrogen-bond donors (Lipinski definition) is 1. The summed E-state index contributed by atoms with van der Waals surface area (Å²) < 4.78 is 24.0. The summed E-state index contributed by atoms with van der Waals surface area (Å²) in [5.41, 5.74) is 0.239. The highest BCUT2D eigenvalue weighted by Gasteiger charge is 2.33. The summed E-state index contributed by atoms with van der Waals surface area (Å²) in [6.07, 6.45) is 0.419. The van der Waals surface area contributed by atoms with Crippen molar-refractivity contribution in [3.05, 3.63) is 16.4 Å². The van der Waals surface area contributed by atoms with Gasteiger partial charge in [0.25, 0.3) is 0 Å². The molecule has 1 saturated heterocycles. The van der Waals surface area contributed by atoms with Crippen LogP contribution in [0.25, 0.3) is 0 Å². The Morgan fingerprint density at radius 2 is 2.24 bits per heavy atom. The van der Waals surface area contributed by atoms with Gasteiger partial charge in [0, 0.05) is 0 Å². The molecule has 17 heavy (non-hydrogen) atoms. The van der Waals surface area contributed by atoms with E-state index in [0.717, 1.165) is 0 Å². The molecule has 8 heteroatoms. The molecule has 1 aromatic heterocycles. The summed E-state index contributed by atoms with van der Waals surface area (Å²) >= 11 is 5.92. The molecule has 1 fully saturated rings. The first-order valence-electron chi connectivity index (χ1n) is 5.00. The van der Waals surface area contributed by atoms with Crippen LogP contribution in [0.4, 0.5) is 0 Å². The van der Waals surface area contributed by atoms with E-state index >= 15 is 0 Å². The van der Waals surface area contributed by atoms with Crippen molar-refractivity contribution in [2.45, 2.75) is 19.4 Å². The number of rotatable bonds is 2. The van der Waals surface area contributed by atoms with Crippen molar-refractivity contribution in [1.29, 1.82) is 0 Å². The molecule has 1 aliphatic heterocycles. The van der Waals surface area contributed by atoms with Gasteiger partial charge in [0.2, 0.25) is 0 Å². The molecule has 1 atom stereocenters. The van der Waals surface area contributed by atoms with Crippen LogP contribution in [0.15, 0.2) is 0 Å². The van der Waals surface area contributed by atoms with E-state index in [2.05, 4.69) is 5.10 Å². The number of nitrogens with zero attached hydrogens (tertiary/aromatic N) is 2. The van der Waals surface area contributed by atoms with E-state index in [1.807, 2.05) is 0 Å². The molecular weight excluding hydrogens is 268 g/mol. The van der Waals surface area contributed by atoms with Gasteiger partial charge in [-0.3, -0.25) is 0 Å². The van der Waals surface area contributed by atoms with Gasteiger partial charge in [-0.25, -0.2) is 17.9 Å². The number of aryl methyl sites for hydroxylation is 1. The highest BCUT2D eigenvalue weighted by atomic mass is 35.5. The van der Waals surface area contributed by atoms with Gasteiger partial charge in [0.05, 0.1) is 23.2 Å². The molecule has 0 bridgehead atoms. The van der Waals surface area contributed by atoms with Crippen molar-refractivity contribution in [2.75, 3.05) is 11.5 Å². The van der Waals surface area contributed by atoms with E-state index in [0.29, 0.717) is 12.1 Å². The first-order chi connectivity index (χ1) is 7.82. The van der Waals surface area contributed by atoms with Crippen molar-refractivity contribution in [3.63, 3.8) is 0 Å². The Bertz CT molecular complexity index is 578. The Hall–Kier alpha value is -1.08. The fourth-order valence-electron chi connectivity index (χ4n) is 1.97. The number of carboxylic acids is 1. The zero-order valence-corrected chi connectivity index (χ0v) is 10.6. The molecule has 0 spiro atoms. The van der Waals surface area contributed by atoms with Gasteiger partial charge in [-0.05, 0) is 13.3 Å². The van der Waals surface area contributed by atoms with Gasteiger partial charge < -0.3 is 5.11 Å². The molecule has 94 valence electrons. The van der Waals surface area contributed by atoms with Gasteiger partial charge in [-0.2, -0.15) is 5.10 Å². The van der Waals surface area contributed by atoms with Crippen molar-refractivity contribution < 1.29 is 18.3 Å². The van der Waals surface area contributed by atoms with Crippen LogP contribution < -0.4 is 0 Å². The van der Waals surface area contributed by atoms with Gasteiger partial charge in [-0.15, -0.1) is 0 Å². The van der Waals surface area contributed by atoms with Gasteiger partial charge in [0.1, 0.15) is 10.7 Å². The average Bonchev–Trinajstić information content (AvgIpc) is 2.67. The van der Waals surface area contributed by atoms with Crippen molar-refractivity contribution in [2.24, 2.45) is 0 Å². The molecule has 1 N–H and O–H groups in total. The van der Waals surface area contributed by atoms with Crippen molar-refractivity contribution >= 4 is 27.4 Å². The quantitative estimate of drug-likeness (QED) is 0.868. The standard InChI is InChI=1S/C9H11ClN2O4S/c1-5-7(9(13)14)8(10)12(11-5)6-2-3-17(15,16)4-6/h6H,2-4H2,1H3,(H,13,14). The topological polar surface area (TPSA) is 89.3 Å². The number of carboxylic acid groups (broad SMARTS) is 1. The minimum Gasteiger partial charge on any atom is -0.478 e. The van der Waals surface area contributed by atoms with Crippen LogP contribution in [0.3, 0.4) is 0 Å². The molecule has 1 aromatic rings. The van der Waals surface area contributed by atoms with Crippen LogP contribution in [0.5, 0.6) is 0 Å². The fourth-order valence-corrected chi connectivity index (χ4v) is 4.06. The van der Waals surface area contributed by atoms with E-state index in [4.69, 9.17) is 16.7 Å². The molecule has 2 heterocycles. The third-order valence-electron chi connectivity index (χ3n) is 2.80. The molecule has 1 aliphatic rings. The second-order valence-electron chi connectivity index (χ2n) is 4.06. The lowest BCUT2D eigenvalue weighted by molar-refractivity contribution is 0.0696. The van der Waals surface area contributed by atoms with Crippen LogP contribution in [-0.2, 0) is 9.84 Å². The predicted molar refractivity (Wildman–Crippen MR) is 61.2 cm³/mol. The molecular formula is C9H11ClN2O4S. The number of carbonyl (C=O) groups is 1. The summed E-state index contributed by atoms with van der Waals surface area (Å²) in [6, 6.07) is -0.362. The molecule has 0 radical (unpaired) electrons. The fraction of sp³-hybridized carbons (Fsp3) is 0.556. The summed E-state index contributed by atoms with van der Waals surface area (Å²) in [6.45, 7) is 1.54. The Kier molecular flexibility index (Phi) is 2.90. The molecule has 0 saturated carbocycles. The van der Waals surface area contributed by atoms with E-state index in [9.17, 15) is 13.2 Å². The Morgan fingerprint density at radius 1 is 1.59 bits per heavy atom. The summed E-state index contributed by atoms with van der Waals surface area (Å²) in [5.74, 6) is -1.10. The number of aromatic carboxylic acids is 1. The van der Waals surface area contributed by atoms with Crippen LogP contribution in [-0.4, -0.2) is 40.8 Å². The molecule has 2 rings (SSSR count). The van der Waals surface area contributed by atoms with Crippen LogP contribution in [0.2, 0.25) is 5.15 Å². The third kappa shape index (κ3) is 2.16. The lowest BCUT2D eigenvalue weighted by atomic mass is 10.2. The van der Waals surface area contributed by atoms with E-state index < -0.39 is 15.8 Å². The molecule has 1 unspecified atom stereocenters. The van der Waals surface area contributed by atoms with E-state index in [1.54, 1.807) is 0 Å². The van der Waals surface area contributed by atoms with Crippen LogP contribution in [0.1, 0.15) is 28.5 Å². The maximum atomic E-state index is 11.4. The lowest BCUT2D eigenvalue weighted by Crippen LogP contribution is -2.13. The van der Waals surface area contributed by atoms with Crippen LogP contribution >= 0.6 is 11.6 Å². The smallest absolute Gasteiger partial charge is 0.340 e. The van der Waals surface area contributed by atoms with Gasteiger partial charge >= 0.3 is 5.97 Å². The zero-order valence-electron chi connectivity index (χ0n) is 9.05. The minimum atomic E-state index is -3.05. The van der Waals surface area contributed by atoms with Gasteiger partial charge in [0.15, 0.2) is 9.84 Å². The maximum absolute atomic E-state index is 11.4. The first-order valence-corrected chi connectivity index (χ1v) is 7.20. The third-order valence-corrected chi connectivity index (χ3v) is 4.91. The van der Waals surface area contributed by atoms with Crippen LogP contribution in [0, 0.1) is 6.92 Å². The van der Waals surface area contributed by atoms with Gasteiger partial charge in [-0.1, -0.05) is 11.6 Å². The number of hydrogen-bond acceptors (Lipinski definition) is 4. The molecule has 0 amide bonds. The maximum Gasteiger partial charge on any atom is 0.340 e. The molecule has 0 aliphatic carbocycles. The molecule has 6 nitrogen and oxygen atoms in total. The highest BCUT2D eigenvalue weighted by molar-refractivity contribution is 7.91. The monoisotopic (exact) mass is 278 g/mol. The predicted octanol–water partition coefficient (Wildman–Crippen LogP) is 0.903. The van der Waals surface area contributed by atoms with E-state index in [1.165, 1.54) is 11.6 Å². The average molecular weight is 279 g/mol. The summed E-state index contributed by atoms with van der Waals surface area (Å²) in [7, 11) is -3.05. The Labute approximate surface area is 103 Å². The summed E-state index contributed by atoms with van der Waals surface area (Å²) in [4.78, 5) is 10.9. The lowest BCUT2D eigenvalue weighted by Gasteiger charge is -2.09. The number of sulfone groups is 1. The first kappa shape index (κ1) is 12.4. The SMILES string of the molecule is Cc1nn(C2CCS(=O)(=O)C2)c(Cl)c1C(=O)O. The largest absolute Gasteiger partial charge is 0.478 e. The second-order valence-corrected chi connectivity index (χ2v) is 6.64. The van der Waals surface area contributed by atoms with Crippen molar-refractivity contribution in [1.82, 2.24) is 9.78 Å². The number of halogens is 1. The number of aromatic nitrogens is 2. The zero-order chi connectivity index (χ0) is 12.8. The second kappa shape index (κ2) is 3.99. The molecule has 0 aromatic carbocycles. The highest BCUT2D eigenvalue weighted by Crippen LogP contribution is 2.29. The minimum absolute atomic E-state index is 0.00269. The Morgan fingerprint density at radius 3 is 2.65 bits per heavy atom. The normalized spacial score (nSPS) is 22.8. The summed E-state index contributed by atoms with van der Waals surface area (Å²) in [5, 5.41) is 13.0. The van der Waals surface area contributed by atoms with E-state index in [-0.39, 0.29) is 28.3 Å².